The van der Waals surface area contributed by atoms with Crippen molar-refractivity contribution in [2.75, 3.05) is 26.2 Å². The van der Waals surface area contributed by atoms with E-state index in [1.807, 2.05) is 6.07 Å². The molecule has 2 aliphatic rings. The van der Waals surface area contributed by atoms with Gasteiger partial charge in [0.15, 0.2) is 0 Å². The van der Waals surface area contributed by atoms with Crippen LogP contribution in [0.15, 0.2) is 42.5 Å². The summed E-state index contributed by atoms with van der Waals surface area (Å²) in [5, 5.41) is 14.9. The predicted octanol–water partition coefficient (Wildman–Crippen LogP) is 3.71. The number of halogens is 1. The number of nitro benzene ring substituents is 1. The number of ether oxygens (including phenoxy) is 1. The summed E-state index contributed by atoms with van der Waals surface area (Å²) in [4.78, 5) is 13.4. The van der Waals surface area contributed by atoms with Crippen LogP contribution in [0.1, 0.15) is 18.4 Å². The van der Waals surface area contributed by atoms with Gasteiger partial charge in [0.05, 0.1) is 4.92 Å². The average molecular weight is 371 g/mol. The molecule has 27 heavy (non-hydrogen) atoms. The molecule has 0 saturated carbocycles. The second kappa shape index (κ2) is 7.25. The van der Waals surface area contributed by atoms with Gasteiger partial charge in [-0.3, -0.25) is 15.0 Å². The lowest BCUT2D eigenvalue weighted by molar-refractivity contribution is -0.385. The third-order valence-corrected chi connectivity index (χ3v) is 5.52. The summed E-state index contributed by atoms with van der Waals surface area (Å²) in [5.74, 6) is 0.142. The van der Waals surface area contributed by atoms with E-state index < -0.39 is 4.92 Å². The van der Waals surface area contributed by atoms with Crippen molar-refractivity contribution in [3.8, 4) is 11.5 Å². The quantitative estimate of drug-likeness (QED) is 0.641. The minimum atomic E-state index is -0.436. The molecule has 2 aromatic carbocycles. The molecule has 0 bridgehead atoms. The second-order valence-corrected chi connectivity index (χ2v) is 7.50. The van der Waals surface area contributed by atoms with Gasteiger partial charge in [-0.2, -0.15) is 0 Å². The van der Waals surface area contributed by atoms with Crippen molar-refractivity contribution in [2.45, 2.75) is 19.4 Å². The molecule has 0 aromatic heterocycles. The van der Waals surface area contributed by atoms with Gasteiger partial charge in [-0.05, 0) is 67.2 Å². The normalized spacial score (nSPS) is 22.4. The van der Waals surface area contributed by atoms with Crippen LogP contribution in [0.3, 0.4) is 0 Å². The molecule has 1 spiro atoms. The Balaban J connectivity index is 1.49. The van der Waals surface area contributed by atoms with Crippen molar-refractivity contribution in [1.82, 2.24) is 10.2 Å². The van der Waals surface area contributed by atoms with Crippen molar-refractivity contribution in [3.63, 3.8) is 0 Å². The zero-order valence-electron chi connectivity index (χ0n) is 15.0. The number of rotatable bonds is 5. The summed E-state index contributed by atoms with van der Waals surface area (Å²) < 4.78 is 18.6. The van der Waals surface area contributed by atoms with Crippen LogP contribution in [0.4, 0.5) is 10.1 Å². The zero-order valence-corrected chi connectivity index (χ0v) is 15.0. The zero-order chi connectivity index (χ0) is 18.9. The van der Waals surface area contributed by atoms with Crippen molar-refractivity contribution < 1.29 is 14.1 Å². The van der Waals surface area contributed by atoms with Crippen molar-refractivity contribution in [2.24, 2.45) is 5.41 Å². The molecular formula is C20H22FN3O3. The van der Waals surface area contributed by atoms with Crippen LogP contribution >= 0.6 is 0 Å². The first-order valence-corrected chi connectivity index (χ1v) is 9.17. The van der Waals surface area contributed by atoms with E-state index in [2.05, 4.69) is 10.2 Å². The highest BCUT2D eigenvalue weighted by molar-refractivity contribution is 5.50. The van der Waals surface area contributed by atoms with E-state index in [4.69, 9.17) is 4.74 Å². The SMILES string of the molecule is O=[N+]([O-])c1cc(CN2CCC3(CCNC3)C2)ccc1Oc1ccc(F)cc1. The van der Waals surface area contributed by atoms with Gasteiger partial charge in [0.2, 0.25) is 5.75 Å². The van der Waals surface area contributed by atoms with E-state index in [0.717, 1.165) is 31.7 Å². The fourth-order valence-corrected chi connectivity index (χ4v) is 4.08. The number of benzene rings is 2. The number of likely N-dealkylation sites (tertiary alicyclic amines) is 1. The molecule has 2 aliphatic heterocycles. The summed E-state index contributed by atoms with van der Waals surface area (Å²) in [6.07, 6.45) is 2.38. The van der Waals surface area contributed by atoms with Gasteiger partial charge in [-0.1, -0.05) is 6.07 Å². The summed E-state index contributed by atoms with van der Waals surface area (Å²) in [6, 6.07) is 10.5. The Hall–Kier alpha value is -2.51. The maximum Gasteiger partial charge on any atom is 0.311 e. The predicted molar refractivity (Wildman–Crippen MR) is 99.4 cm³/mol. The van der Waals surface area contributed by atoms with Crippen molar-refractivity contribution >= 4 is 5.69 Å². The van der Waals surface area contributed by atoms with Gasteiger partial charge in [0, 0.05) is 25.7 Å². The van der Waals surface area contributed by atoms with Gasteiger partial charge < -0.3 is 10.1 Å². The highest BCUT2D eigenvalue weighted by atomic mass is 19.1. The van der Waals surface area contributed by atoms with Crippen LogP contribution in [0.2, 0.25) is 0 Å². The Morgan fingerprint density at radius 2 is 2.04 bits per heavy atom. The lowest BCUT2D eigenvalue weighted by Gasteiger charge is -2.22. The second-order valence-electron chi connectivity index (χ2n) is 7.50. The monoisotopic (exact) mass is 371 g/mol. The number of nitro groups is 1. The standard InChI is InChI=1S/C20H22FN3O3/c21-16-2-4-17(5-3-16)27-19-6-1-15(11-18(19)24(25)26)12-23-10-8-20(14-23)7-9-22-13-20/h1-6,11,22H,7-10,12-14H2. The molecule has 2 fully saturated rings. The van der Waals surface area contributed by atoms with E-state index in [1.165, 1.54) is 37.1 Å². The lowest BCUT2D eigenvalue weighted by Crippen LogP contribution is -2.28. The molecule has 2 heterocycles. The summed E-state index contributed by atoms with van der Waals surface area (Å²) in [5.41, 5.74) is 1.20. The van der Waals surface area contributed by atoms with Crippen molar-refractivity contribution in [3.05, 3.63) is 64.0 Å². The molecule has 7 heteroatoms. The third-order valence-electron chi connectivity index (χ3n) is 5.52. The van der Waals surface area contributed by atoms with Gasteiger partial charge >= 0.3 is 5.69 Å². The topological polar surface area (TPSA) is 67.6 Å². The van der Waals surface area contributed by atoms with Crippen LogP contribution in [0.5, 0.6) is 11.5 Å². The summed E-state index contributed by atoms with van der Waals surface area (Å²) in [7, 11) is 0. The van der Waals surface area contributed by atoms with E-state index in [0.29, 0.717) is 17.7 Å². The molecule has 0 aliphatic carbocycles. The maximum atomic E-state index is 13.0. The summed E-state index contributed by atoms with van der Waals surface area (Å²) in [6.45, 7) is 4.88. The Kier molecular flexibility index (Phi) is 4.80. The van der Waals surface area contributed by atoms with Crippen LogP contribution in [0, 0.1) is 21.3 Å². The first kappa shape index (κ1) is 17.9. The third kappa shape index (κ3) is 3.94. The molecule has 6 nitrogen and oxygen atoms in total. The molecule has 2 aromatic rings. The Morgan fingerprint density at radius 3 is 2.74 bits per heavy atom. The molecule has 0 radical (unpaired) electrons. The number of nitrogens with one attached hydrogen (secondary N) is 1. The van der Waals surface area contributed by atoms with Gasteiger partial charge in [-0.25, -0.2) is 4.39 Å². The fraction of sp³-hybridized carbons (Fsp3) is 0.400. The van der Waals surface area contributed by atoms with E-state index in [-0.39, 0.29) is 17.3 Å². The molecule has 1 N–H and O–H groups in total. The maximum absolute atomic E-state index is 13.0. The van der Waals surface area contributed by atoms with E-state index >= 15 is 0 Å². The molecule has 2 saturated heterocycles. The van der Waals surface area contributed by atoms with Gasteiger partial charge in [0.1, 0.15) is 11.6 Å². The summed E-state index contributed by atoms with van der Waals surface area (Å²) >= 11 is 0. The van der Waals surface area contributed by atoms with Crippen LogP contribution in [-0.2, 0) is 6.54 Å². The minimum absolute atomic E-state index is 0.0757. The first-order chi connectivity index (χ1) is 13.0. The van der Waals surface area contributed by atoms with Crippen LogP contribution in [-0.4, -0.2) is 36.0 Å². The number of hydrogen-bond acceptors (Lipinski definition) is 5. The highest BCUT2D eigenvalue weighted by Gasteiger charge is 2.40. The molecule has 4 rings (SSSR count). The molecule has 0 amide bonds. The van der Waals surface area contributed by atoms with Crippen molar-refractivity contribution in [1.29, 1.82) is 0 Å². The van der Waals surface area contributed by atoms with E-state index in [1.54, 1.807) is 12.1 Å². The average Bonchev–Trinajstić information content (AvgIpc) is 3.28. The van der Waals surface area contributed by atoms with E-state index in [9.17, 15) is 14.5 Å². The first-order valence-electron chi connectivity index (χ1n) is 9.17. The largest absolute Gasteiger partial charge is 0.450 e. The van der Waals surface area contributed by atoms with Gasteiger partial charge in [0.25, 0.3) is 0 Å². The van der Waals surface area contributed by atoms with Crippen LogP contribution in [0.25, 0.3) is 0 Å². The molecule has 1 unspecified atom stereocenters. The van der Waals surface area contributed by atoms with Crippen LogP contribution < -0.4 is 10.1 Å². The fourth-order valence-electron chi connectivity index (χ4n) is 4.08. The number of hydrogen-bond donors (Lipinski definition) is 1. The number of nitrogens with zero attached hydrogens (tertiary/aromatic N) is 2. The minimum Gasteiger partial charge on any atom is -0.450 e. The van der Waals surface area contributed by atoms with Gasteiger partial charge in [-0.15, -0.1) is 0 Å². The lowest BCUT2D eigenvalue weighted by atomic mass is 9.86. The highest BCUT2D eigenvalue weighted by Crippen LogP contribution is 2.37. The Morgan fingerprint density at radius 1 is 1.22 bits per heavy atom. The molecule has 1 atom stereocenters. The Bertz CT molecular complexity index is 835. The Labute approximate surface area is 157 Å². The molecule has 142 valence electrons. The molecular weight excluding hydrogens is 349 g/mol. The smallest absolute Gasteiger partial charge is 0.311 e.